The Bertz CT molecular complexity index is 431. The second kappa shape index (κ2) is 3.74. The van der Waals surface area contributed by atoms with Crippen LogP contribution >= 0.6 is 0 Å². The number of nitrogens with two attached hydrogens (primary N) is 1. The van der Waals surface area contributed by atoms with Gasteiger partial charge in [0.1, 0.15) is 11.3 Å². The summed E-state index contributed by atoms with van der Waals surface area (Å²) in [5.41, 5.74) is 7.33. The van der Waals surface area contributed by atoms with E-state index >= 15 is 0 Å². The van der Waals surface area contributed by atoms with Crippen LogP contribution in [-0.4, -0.2) is 0 Å². The van der Waals surface area contributed by atoms with Crippen molar-refractivity contribution in [3.8, 4) is 0 Å². The first-order chi connectivity index (χ1) is 6.79. The van der Waals surface area contributed by atoms with Gasteiger partial charge in [-0.1, -0.05) is 13.3 Å². The van der Waals surface area contributed by atoms with Gasteiger partial charge in [0, 0.05) is 23.6 Å². The van der Waals surface area contributed by atoms with E-state index in [2.05, 4.69) is 13.0 Å². The second-order valence-corrected chi connectivity index (χ2v) is 3.61. The molecule has 0 spiro atoms. The summed E-state index contributed by atoms with van der Waals surface area (Å²) in [6.45, 7) is 2.18. The summed E-state index contributed by atoms with van der Waals surface area (Å²) in [5.74, 6) is 1.06. The fourth-order valence-electron chi connectivity index (χ4n) is 1.58. The van der Waals surface area contributed by atoms with Gasteiger partial charge in [-0.05, 0) is 24.6 Å². The maximum atomic E-state index is 5.67. The molecule has 1 aromatic heterocycles. The molecule has 2 heteroatoms. The molecule has 2 nitrogen and oxygen atoms in total. The molecule has 14 heavy (non-hydrogen) atoms. The molecule has 1 aromatic carbocycles. The van der Waals surface area contributed by atoms with Crippen LogP contribution in [0.3, 0.4) is 0 Å². The summed E-state index contributed by atoms with van der Waals surface area (Å²) in [4.78, 5) is 0. The number of nitrogen functional groups attached to an aromatic ring is 1. The molecule has 2 aromatic rings. The molecule has 2 rings (SSSR count). The lowest BCUT2D eigenvalue weighted by molar-refractivity contribution is 0.537. The standard InChI is InChI=1S/C12H15NO/c1-2-3-4-11-7-9-5-6-10(13)8-12(9)14-11/h5-8H,2-4,13H2,1H3. The Hall–Kier alpha value is -1.44. The topological polar surface area (TPSA) is 39.2 Å². The maximum Gasteiger partial charge on any atom is 0.136 e. The predicted octanol–water partition coefficient (Wildman–Crippen LogP) is 3.36. The van der Waals surface area contributed by atoms with Crippen LogP contribution in [0.25, 0.3) is 11.0 Å². The lowest BCUT2D eigenvalue weighted by Gasteiger charge is -1.92. The van der Waals surface area contributed by atoms with Crippen molar-refractivity contribution >= 4 is 16.7 Å². The highest BCUT2D eigenvalue weighted by atomic mass is 16.3. The van der Waals surface area contributed by atoms with Crippen LogP contribution in [0, 0.1) is 0 Å². The van der Waals surface area contributed by atoms with Gasteiger partial charge >= 0.3 is 0 Å². The molecular formula is C12H15NO. The van der Waals surface area contributed by atoms with E-state index in [4.69, 9.17) is 10.2 Å². The average Bonchev–Trinajstić information content (AvgIpc) is 2.56. The molecule has 0 aliphatic rings. The number of rotatable bonds is 3. The smallest absolute Gasteiger partial charge is 0.136 e. The van der Waals surface area contributed by atoms with Crippen molar-refractivity contribution in [2.45, 2.75) is 26.2 Å². The average molecular weight is 189 g/mol. The quantitative estimate of drug-likeness (QED) is 0.752. The number of fused-ring (bicyclic) bond motifs is 1. The summed E-state index contributed by atoms with van der Waals surface area (Å²) in [6, 6.07) is 7.89. The van der Waals surface area contributed by atoms with Crippen LogP contribution in [0.15, 0.2) is 28.7 Å². The number of benzene rings is 1. The number of anilines is 1. The molecule has 1 heterocycles. The predicted molar refractivity (Wildman–Crippen MR) is 59.2 cm³/mol. The Kier molecular flexibility index (Phi) is 2.44. The third-order valence-electron chi connectivity index (χ3n) is 2.37. The zero-order valence-corrected chi connectivity index (χ0v) is 8.42. The number of hydrogen-bond donors (Lipinski definition) is 1. The van der Waals surface area contributed by atoms with E-state index in [1.165, 1.54) is 12.8 Å². The van der Waals surface area contributed by atoms with Crippen molar-refractivity contribution < 1.29 is 4.42 Å². The molecule has 0 radical (unpaired) electrons. The Morgan fingerprint density at radius 1 is 1.29 bits per heavy atom. The highest BCUT2D eigenvalue weighted by molar-refractivity contribution is 5.81. The first kappa shape index (κ1) is 9.13. The lowest BCUT2D eigenvalue weighted by atomic mass is 10.2. The number of hydrogen-bond acceptors (Lipinski definition) is 2. The van der Waals surface area contributed by atoms with Crippen molar-refractivity contribution in [3.63, 3.8) is 0 Å². The van der Waals surface area contributed by atoms with E-state index < -0.39 is 0 Å². The van der Waals surface area contributed by atoms with Gasteiger partial charge in [0.15, 0.2) is 0 Å². The van der Waals surface area contributed by atoms with E-state index in [9.17, 15) is 0 Å². The van der Waals surface area contributed by atoms with Crippen molar-refractivity contribution in [3.05, 3.63) is 30.0 Å². The fraction of sp³-hybridized carbons (Fsp3) is 0.333. The molecule has 0 bridgehead atoms. The van der Waals surface area contributed by atoms with Gasteiger partial charge in [-0.25, -0.2) is 0 Å². The molecule has 0 amide bonds. The summed E-state index contributed by atoms with van der Waals surface area (Å²) in [6.07, 6.45) is 3.39. The summed E-state index contributed by atoms with van der Waals surface area (Å²) in [5, 5.41) is 1.14. The van der Waals surface area contributed by atoms with Gasteiger partial charge in [0.05, 0.1) is 0 Å². The number of aryl methyl sites for hydroxylation is 1. The Balaban J connectivity index is 2.32. The highest BCUT2D eigenvalue weighted by Crippen LogP contribution is 2.22. The Labute approximate surface area is 83.7 Å². The van der Waals surface area contributed by atoms with Gasteiger partial charge in [-0.3, -0.25) is 0 Å². The minimum atomic E-state index is 0.758. The molecule has 74 valence electrons. The second-order valence-electron chi connectivity index (χ2n) is 3.61. The molecule has 0 aliphatic heterocycles. The molecular weight excluding hydrogens is 174 g/mol. The molecule has 0 atom stereocenters. The van der Waals surface area contributed by atoms with E-state index in [-0.39, 0.29) is 0 Å². The van der Waals surface area contributed by atoms with Crippen molar-refractivity contribution in [1.82, 2.24) is 0 Å². The van der Waals surface area contributed by atoms with E-state index in [1.54, 1.807) is 0 Å². The minimum Gasteiger partial charge on any atom is -0.461 e. The lowest BCUT2D eigenvalue weighted by Crippen LogP contribution is -1.81. The largest absolute Gasteiger partial charge is 0.461 e. The van der Waals surface area contributed by atoms with Crippen LogP contribution in [0.5, 0.6) is 0 Å². The molecule has 0 saturated carbocycles. The van der Waals surface area contributed by atoms with Gasteiger partial charge in [-0.15, -0.1) is 0 Å². The molecule has 2 N–H and O–H groups in total. The minimum absolute atomic E-state index is 0.758. The zero-order chi connectivity index (χ0) is 9.97. The van der Waals surface area contributed by atoms with E-state index in [0.717, 1.165) is 28.8 Å². The summed E-state index contributed by atoms with van der Waals surface area (Å²) in [7, 11) is 0. The van der Waals surface area contributed by atoms with Crippen molar-refractivity contribution in [1.29, 1.82) is 0 Å². The first-order valence-electron chi connectivity index (χ1n) is 5.07. The molecule has 0 aliphatic carbocycles. The van der Waals surface area contributed by atoms with Crippen molar-refractivity contribution in [2.24, 2.45) is 0 Å². The molecule has 0 unspecified atom stereocenters. The van der Waals surface area contributed by atoms with Gasteiger partial charge in [-0.2, -0.15) is 0 Å². The van der Waals surface area contributed by atoms with Crippen LogP contribution in [0.2, 0.25) is 0 Å². The maximum absolute atomic E-state index is 5.67. The monoisotopic (exact) mass is 189 g/mol. The highest BCUT2D eigenvalue weighted by Gasteiger charge is 2.02. The van der Waals surface area contributed by atoms with Gasteiger partial charge < -0.3 is 10.2 Å². The van der Waals surface area contributed by atoms with Crippen LogP contribution < -0.4 is 5.73 Å². The third-order valence-corrected chi connectivity index (χ3v) is 2.37. The Morgan fingerprint density at radius 2 is 2.14 bits per heavy atom. The SMILES string of the molecule is CCCCc1cc2ccc(N)cc2o1. The normalized spacial score (nSPS) is 10.9. The Morgan fingerprint density at radius 3 is 2.93 bits per heavy atom. The summed E-state index contributed by atoms with van der Waals surface area (Å²) < 4.78 is 5.67. The van der Waals surface area contributed by atoms with E-state index in [0.29, 0.717) is 0 Å². The summed E-state index contributed by atoms with van der Waals surface area (Å²) >= 11 is 0. The first-order valence-corrected chi connectivity index (χ1v) is 5.07. The zero-order valence-electron chi connectivity index (χ0n) is 8.42. The number of furan rings is 1. The van der Waals surface area contributed by atoms with Gasteiger partial charge in [0.2, 0.25) is 0 Å². The third kappa shape index (κ3) is 1.74. The van der Waals surface area contributed by atoms with Crippen molar-refractivity contribution in [2.75, 3.05) is 5.73 Å². The van der Waals surface area contributed by atoms with E-state index in [1.807, 2.05) is 18.2 Å². The van der Waals surface area contributed by atoms with Crippen LogP contribution in [0.4, 0.5) is 5.69 Å². The number of unbranched alkanes of at least 4 members (excludes halogenated alkanes) is 1. The fourth-order valence-corrected chi connectivity index (χ4v) is 1.58. The molecule has 0 saturated heterocycles. The van der Waals surface area contributed by atoms with Crippen LogP contribution in [-0.2, 0) is 6.42 Å². The van der Waals surface area contributed by atoms with Gasteiger partial charge in [0.25, 0.3) is 0 Å². The molecule has 0 fully saturated rings. The van der Waals surface area contributed by atoms with Crippen LogP contribution in [0.1, 0.15) is 25.5 Å².